The molecule has 0 spiro atoms. The average Bonchev–Trinajstić information content (AvgIpc) is 2.79. The average molecular weight is 469 g/mol. The quantitative estimate of drug-likeness (QED) is 0.601. The Morgan fingerprint density at radius 1 is 1.03 bits per heavy atom. The maximum Gasteiger partial charge on any atom is 0.267 e. The first-order valence-corrected chi connectivity index (χ1v) is 12.0. The minimum atomic E-state index is -3.99. The zero-order chi connectivity index (χ0) is 23.8. The summed E-state index contributed by atoms with van der Waals surface area (Å²) in [6.07, 6.45) is -1.17. The van der Waals surface area contributed by atoms with E-state index in [0.29, 0.717) is 5.69 Å². The van der Waals surface area contributed by atoms with Gasteiger partial charge in [0.05, 0.1) is 22.8 Å². The van der Waals surface area contributed by atoms with Crippen molar-refractivity contribution in [2.75, 3.05) is 16.2 Å². The van der Waals surface area contributed by atoms with Crippen molar-refractivity contribution >= 4 is 27.3 Å². The third-order valence-corrected chi connectivity index (χ3v) is 7.24. The minimum absolute atomic E-state index is 0.00237. The number of rotatable bonds is 4. The molecule has 3 aromatic carbocycles. The molecule has 172 valence electrons. The lowest BCUT2D eigenvalue weighted by Gasteiger charge is -2.36. The summed E-state index contributed by atoms with van der Waals surface area (Å²) in [6, 6.07) is 19.1. The number of halogens is 1. The molecule has 4 rings (SSSR count). The highest BCUT2D eigenvalue weighted by atomic mass is 32.2. The summed E-state index contributed by atoms with van der Waals surface area (Å²) in [7, 11) is -3.99. The van der Waals surface area contributed by atoms with Crippen LogP contribution in [0.5, 0.6) is 5.75 Å². The molecule has 8 heteroatoms. The van der Waals surface area contributed by atoms with E-state index in [9.17, 15) is 17.6 Å². The zero-order valence-electron chi connectivity index (χ0n) is 18.6. The number of fused-ring (bicyclic) bond motifs is 1. The van der Waals surface area contributed by atoms with Gasteiger partial charge in [0, 0.05) is 0 Å². The van der Waals surface area contributed by atoms with E-state index < -0.39 is 27.9 Å². The van der Waals surface area contributed by atoms with Crippen LogP contribution in [0.25, 0.3) is 0 Å². The molecule has 0 aromatic heterocycles. The molecule has 1 N–H and O–H groups in total. The van der Waals surface area contributed by atoms with Crippen LogP contribution < -0.4 is 14.4 Å². The van der Waals surface area contributed by atoms with Crippen molar-refractivity contribution in [2.24, 2.45) is 0 Å². The van der Waals surface area contributed by atoms with Crippen molar-refractivity contribution in [1.29, 1.82) is 0 Å². The van der Waals surface area contributed by atoms with Gasteiger partial charge in [-0.05, 0) is 47.4 Å². The zero-order valence-corrected chi connectivity index (χ0v) is 19.4. The molecule has 3 aromatic rings. The molecule has 0 saturated heterocycles. The van der Waals surface area contributed by atoms with E-state index >= 15 is 0 Å². The van der Waals surface area contributed by atoms with E-state index in [1.54, 1.807) is 36.4 Å². The van der Waals surface area contributed by atoms with Gasteiger partial charge in [0.2, 0.25) is 0 Å². The second-order valence-corrected chi connectivity index (χ2v) is 10.7. The Balaban J connectivity index is 1.75. The molecule has 1 aliphatic heterocycles. The van der Waals surface area contributed by atoms with Crippen molar-refractivity contribution in [1.82, 2.24) is 0 Å². The smallest absolute Gasteiger partial charge is 0.267 e. The number of nitrogens with one attached hydrogen (secondary N) is 1. The summed E-state index contributed by atoms with van der Waals surface area (Å²) >= 11 is 0. The SMILES string of the molecule is CC(C)(C)c1ccc2c(c1)N(S(=O)(=O)c1ccccc1)C[C@@H](C(=O)Nc1ccccc1F)O2. The van der Waals surface area contributed by atoms with Crippen LogP contribution in [0.1, 0.15) is 26.3 Å². The van der Waals surface area contributed by atoms with Crippen molar-refractivity contribution < 1.29 is 22.3 Å². The first-order chi connectivity index (χ1) is 15.6. The van der Waals surface area contributed by atoms with Crippen LogP contribution >= 0.6 is 0 Å². The van der Waals surface area contributed by atoms with Crippen LogP contribution in [0.4, 0.5) is 15.8 Å². The summed E-state index contributed by atoms with van der Waals surface area (Å²) in [6.45, 7) is 5.83. The van der Waals surface area contributed by atoms with E-state index in [4.69, 9.17) is 4.74 Å². The van der Waals surface area contributed by atoms with Gasteiger partial charge < -0.3 is 10.1 Å². The molecular formula is C25H25FN2O4S. The molecule has 0 bridgehead atoms. The number of amides is 1. The monoisotopic (exact) mass is 468 g/mol. The molecule has 1 heterocycles. The highest BCUT2D eigenvalue weighted by molar-refractivity contribution is 7.92. The topological polar surface area (TPSA) is 75.7 Å². The number of para-hydroxylation sites is 1. The number of sulfonamides is 1. The number of carbonyl (C=O) groups excluding carboxylic acids is 1. The number of ether oxygens (including phenoxy) is 1. The van der Waals surface area contributed by atoms with Crippen LogP contribution in [0.2, 0.25) is 0 Å². The lowest BCUT2D eigenvalue weighted by atomic mass is 9.86. The van der Waals surface area contributed by atoms with E-state index in [0.717, 1.165) is 5.56 Å². The fourth-order valence-corrected chi connectivity index (χ4v) is 5.07. The van der Waals surface area contributed by atoms with Gasteiger partial charge in [-0.25, -0.2) is 12.8 Å². The molecule has 0 unspecified atom stereocenters. The highest BCUT2D eigenvalue weighted by Gasteiger charge is 2.38. The van der Waals surface area contributed by atoms with Crippen LogP contribution in [0.3, 0.4) is 0 Å². The molecular weight excluding hydrogens is 443 g/mol. The molecule has 0 aliphatic carbocycles. The number of hydrogen-bond donors (Lipinski definition) is 1. The predicted molar refractivity (Wildman–Crippen MR) is 126 cm³/mol. The fraction of sp³-hybridized carbons (Fsp3) is 0.240. The van der Waals surface area contributed by atoms with Crippen molar-refractivity contribution in [2.45, 2.75) is 37.2 Å². The van der Waals surface area contributed by atoms with Gasteiger partial charge in [0.1, 0.15) is 11.6 Å². The van der Waals surface area contributed by atoms with Crippen molar-refractivity contribution in [3.05, 3.63) is 84.2 Å². The fourth-order valence-electron chi connectivity index (χ4n) is 3.58. The van der Waals surface area contributed by atoms with Gasteiger partial charge in [-0.3, -0.25) is 9.10 Å². The van der Waals surface area contributed by atoms with Crippen molar-refractivity contribution in [3.8, 4) is 5.75 Å². The molecule has 0 fully saturated rings. The summed E-state index contributed by atoms with van der Waals surface area (Å²) in [4.78, 5) is 13.0. The summed E-state index contributed by atoms with van der Waals surface area (Å²) in [5.41, 5.74) is 1.06. The number of benzene rings is 3. The Kier molecular flexibility index (Phi) is 5.88. The summed E-state index contributed by atoms with van der Waals surface area (Å²) < 4.78 is 48.3. The van der Waals surface area contributed by atoms with Gasteiger partial charge >= 0.3 is 0 Å². The molecule has 1 atom stereocenters. The third-order valence-electron chi connectivity index (χ3n) is 5.45. The van der Waals surface area contributed by atoms with Crippen LogP contribution in [-0.2, 0) is 20.2 Å². The Hall–Kier alpha value is -3.39. The largest absolute Gasteiger partial charge is 0.476 e. The second-order valence-electron chi connectivity index (χ2n) is 8.86. The van der Waals surface area contributed by atoms with Crippen LogP contribution in [0, 0.1) is 5.82 Å². The molecule has 1 amide bonds. The maximum atomic E-state index is 14.0. The molecule has 6 nitrogen and oxygen atoms in total. The van der Waals surface area contributed by atoms with Gasteiger partial charge in [-0.2, -0.15) is 0 Å². The second kappa shape index (κ2) is 8.51. The normalized spacial score (nSPS) is 16.0. The molecule has 0 radical (unpaired) electrons. The lowest BCUT2D eigenvalue weighted by Crippen LogP contribution is -2.49. The van der Waals surface area contributed by atoms with Gasteiger partial charge in [0.25, 0.3) is 15.9 Å². The van der Waals surface area contributed by atoms with E-state index in [1.807, 2.05) is 26.8 Å². The van der Waals surface area contributed by atoms with Crippen molar-refractivity contribution in [3.63, 3.8) is 0 Å². The number of nitrogens with zero attached hydrogens (tertiary/aromatic N) is 1. The third kappa shape index (κ3) is 4.57. The minimum Gasteiger partial charge on any atom is -0.476 e. The Morgan fingerprint density at radius 2 is 1.70 bits per heavy atom. The Labute approximate surface area is 193 Å². The van der Waals surface area contributed by atoms with Crippen LogP contribution in [0.15, 0.2) is 77.7 Å². The van der Waals surface area contributed by atoms with Gasteiger partial charge in [-0.15, -0.1) is 0 Å². The van der Waals surface area contributed by atoms with Gasteiger partial charge in [-0.1, -0.05) is 57.2 Å². The standard InChI is InChI=1S/C25H25FN2O4S/c1-25(2,3)17-13-14-22-21(15-17)28(33(30,31)18-9-5-4-6-10-18)16-23(32-22)24(29)27-20-12-8-7-11-19(20)26/h4-15,23H,16H2,1-3H3,(H,27,29)/t23-/m0/s1. The number of hydrogen-bond acceptors (Lipinski definition) is 4. The predicted octanol–water partition coefficient (Wildman–Crippen LogP) is 4.72. The van der Waals surface area contributed by atoms with Crippen LogP contribution in [-0.4, -0.2) is 27.0 Å². The van der Waals surface area contributed by atoms with E-state index in [-0.39, 0.29) is 28.3 Å². The first-order valence-electron chi connectivity index (χ1n) is 10.5. The summed E-state index contributed by atoms with van der Waals surface area (Å²) in [5, 5.41) is 2.50. The molecule has 0 saturated carbocycles. The Morgan fingerprint density at radius 3 is 2.36 bits per heavy atom. The number of carbonyl (C=O) groups is 1. The number of anilines is 2. The van der Waals surface area contributed by atoms with E-state index in [1.165, 1.54) is 34.6 Å². The highest BCUT2D eigenvalue weighted by Crippen LogP contribution is 2.40. The molecule has 1 aliphatic rings. The lowest BCUT2D eigenvalue weighted by molar-refractivity contribution is -0.122. The molecule has 33 heavy (non-hydrogen) atoms. The summed E-state index contributed by atoms with van der Waals surface area (Å²) in [5.74, 6) is -0.966. The maximum absolute atomic E-state index is 14.0. The van der Waals surface area contributed by atoms with Gasteiger partial charge in [0.15, 0.2) is 6.10 Å². The Bertz CT molecular complexity index is 1290. The van der Waals surface area contributed by atoms with E-state index in [2.05, 4.69) is 5.32 Å². The first kappa shape index (κ1) is 22.8.